The molecule has 4 nitrogen and oxygen atoms in total. The van der Waals surface area contributed by atoms with E-state index in [0.717, 1.165) is 4.47 Å². The van der Waals surface area contributed by atoms with Crippen LogP contribution in [0.2, 0.25) is 0 Å². The summed E-state index contributed by atoms with van der Waals surface area (Å²) in [5.41, 5.74) is 1.19. The highest BCUT2D eigenvalue weighted by atomic mass is 79.9. The van der Waals surface area contributed by atoms with Crippen LogP contribution in [0, 0.1) is 6.92 Å². The fraction of sp³-hybridized carbons (Fsp3) is 0.200. The Morgan fingerprint density at radius 3 is 2.43 bits per heavy atom. The number of hydrogen-bond donors (Lipinski definition) is 1. The molecule has 0 spiro atoms. The fourth-order valence-corrected chi connectivity index (χ4v) is 3.70. The molecule has 0 radical (unpaired) electrons. The van der Waals surface area contributed by atoms with E-state index in [9.17, 15) is 8.42 Å². The molecule has 112 valence electrons. The first kappa shape index (κ1) is 15.9. The zero-order valence-electron chi connectivity index (χ0n) is 11.8. The van der Waals surface area contributed by atoms with Crippen molar-refractivity contribution in [3.05, 3.63) is 52.5 Å². The molecule has 2 rings (SSSR count). The Morgan fingerprint density at radius 1 is 1.14 bits per heavy atom. The minimum Gasteiger partial charge on any atom is -0.494 e. The van der Waals surface area contributed by atoms with Gasteiger partial charge < -0.3 is 4.74 Å². The van der Waals surface area contributed by atoms with Crippen molar-refractivity contribution in [1.29, 1.82) is 0 Å². The molecule has 0 amide bonds. The number of benzene rings is 2. The van der Waals surface area contributed by atoms with Gasteiger partial charge in [0.25, 0.3) is 10.0 Å². The Bertz CT molecular complexity index is 727. The highest BCUT2D eigenvalue weighted by Crippen LogP contribution is 2.24. The zero-order valence-corrected chi connectivity index (χ0v) is 14.2. The number of anilines is 1. The second kappa shape index (κ2) is 6.49. The van der Waals surface area contributed by atoms with Crippen molar-refractivity contribution < 1.29 is 13.2 Å². The van der Waals surface area contributed by atoms with Gasteiger partial charge in [-0.25, -0.2) is 8.42 Å². The lowest BCUT2D eigenvalue weighted by molar-refractivity contribution is 0.340. The van der Waals surface area contributed by atoms with Gasteiger partial charge in [-0.15, -0.1) is 0 Å². The van der Waals surface area contributed by atoms with Crippen molar-refractivity contribution >= 4 is 31.6 Å². The summed E-state index contributed by atoms with van der Waals surface area (Å²) in [6, 6.07) is 12.0. The fourth-order valence-electron chi connectivity index (χ4n) is 1.86. The van der Waals surface area contributed by atoms with Crippen LogP contribution in [0.1, 0.15) is 12.5 Å². The number of hydrogen-bond acceptors (Lipinski definition) is 3. The Hall–Kier alpha value is -1.53. The topological polar surface area (TPSA) is 55.4 Å². The molecule has 6 heteroatoms. The van der Waals surface area contributed by atoms with Crippen LogP contribution in [-0.2, 0) is 10.0 Å². The van der Waals surface area contributed by atoms with Gasteiger partial charge in [0.15, 0.2) is 0 Å². The number of ether oxygens (including phenoxy) is 1. The lowest BCUT2D eigenvalue weighted by Gasteiger charge is -2.11. The van der Waals surface area contributed by atoms with Crippen molar-refractivity contribution in [3.63, 3.8) is 0 Å². The van der Waals surface area contributed by atoms with E-state index in [-0.39, 0.29) is 4.90 Å². The van der Waals surface area contributed by atoms with Gasteiger partial charge in [0, 0.05) is 10.2 Å². The summed E-state index contributed by atoms with van der Waals surface area (Å²) in [5, 5.41) is 0. The van der Waals surface area contributed by atoms with E-state index in [2.05, 4.69) is 20.7 Å². The van der Waals surface area contributed by atoms with Gasteiger partial charge in [-0.05, 0) is 55.8 Å². The maximum absolute atomic E-state index is 12.4. The largest absolute Gasteiger partial charge is 0.494 e. The van der Waals surface area contributed by atoms with E-state index < -0.39 is 10.0 Å². The van der Waals surface area contributed by atoms with Crippen molar-refractivity contribution in [2.45, 2.75) is 18.7 Å². The molecule has 21 heavy (non-hydrogen) atoms. The Kier molecular flexibility index (Phi) is 4.90. The highest BCUT2D eigenvalue weighted by Gasteiger charge is 2.17. The quantitative estimate of drug-likeness (QED) is 0.867. The van der Waals surface area contributed by atoms with Crippen LogP contribution < -0.4 is 9.46 Å². The van der Waals surface area contributed by atoms with Crippen molar-refractivity contribution in [3.8, 4) is 5.75 Å². The molecule has 0 fully saturated rings. The smallest absolute Gasteiger partial charge is 0.262 e. The van der Waals surface area contributed by atoms with Gasteiger partial charge in [0.2, 0.25) is 0 Å². The Balaban J connectivity index is 2.26. The molecule has 2 aromatic carbocycles. The molecule has 0 saturated carbocycles. The van der Waals surface area contributed by atoms with Crippen molar-refractivity contribution in [2.75, 3.05) is 11.3 Å². The third kappa shape index (κ3) is 3.98. The zero-order chi connectivity index (χ0) is 15.5. The summed E-state index contributed by atoms with van der Waals surface area (Å²) in [6.07, 6.45) is 0. The van der Waals surface area contributed by atoms with Gasteiger partial charge in [-0.3, -0.25) is 4.72 Å². The van der Waals surface area contributed by atoms with E-state index in [0.29, 0.717) is 23.6 Å². The van der Waals surface area contributed by atoms with Gasteiger partial charge in [-0.1, -0.05) is 22.0 Å². The monoisotopic (exact) mass is 369 g/mol. The van der Waals surface area contributed by atoms with E-state index in [1.807, 2.05) is 13.0 Å². The maximum atomic E-state index is 12.4. The molecular formula is C15H16BrNO3S. The minimum atomic E-state index is -3.61. The lowest BCUT2D eigenvalue weighted by atomic mass is 10.2. The average Bonchev–Trinajstić information content (AvgIpc) is 2.43. The van der Waals surface area contributed by atoms with Crippen molar-refractivity contribution in [2.24, 2.45) is 0 Å². The molecular weight excluding hydrogens is 354 g/mol. The molecule has 0 aromatic heterocycles. The summed E-state index contributed by atoms with van der Waals surface area (Å²) in [7, 11) is -3.61. The molecule has 0 bridgehead atoms. The highest BCUT2D eigenvalue weighted by molar-refractivity contribution is 9.10. The van der Waals surface area contributed by atoms with E-state index in [4.69, 9.17) is 4.74 Å². The Labute approximate surface area is 133 Å². The summed E-state index contributed by atoms with van der Waals surface area (Å²) >= 11 is 3.29. The van der Waals surface area contributed by atoms with E-state index in [1.54, 1.807) is 43.3 Å². The SMILES string of the molecule is CCOc1ccc(NS(=O)(=O)c2cc(Br)ccc2C)cc1. The normalized spacial score (nSPS) is 11.2. The Morgan fingerprint density at radius 2 is 1.81 bits per heavy atom. The third-order valence-corrected chi connectivity index (χ3v) is 4.87. The van der Waals surface area contributed by atoms with Crippen LogP contribution >= 0.6 is 15.9 Å². The second-order valence-electron chi connectivity index (χ2n) is 4.47. The second-order valence-corrected chi connectivity index (χ2v) is 7.04. The third-order valence-electron chi connectivity index (χ3n) is 2.86. The van der Waals surface area contributed by atoms with Crippen LogP contribution in [0.25, 0.3) is 0 Å². The summed E-state index contributed by atoms with van der Waals surface area (Å²) in [4.78, 5) is 0.255. The molecule has 0 saturated heterocycles. The predicted molar refractivity (Wildman–Crippen MR) is 87.3 cm³/mol. The number of sulfonamides is 1. The van der Waals surface area contributed by atoms with Crippen LogP contribution in [0.15, 0.2) is 51.8 Å². The minimum absolute atomic E-state index is 0.255. The maximum Gasteiger partial charge on any atom is 0.262 e. The number of nitrogens with one attached hydrogen (secondary N) is 1. The van der Waals surface area contributed by atoms with Gasteiger partial charge >= 0.3 is 0 Å². The first-order valence-corrected chi connectivity index (χ1v) is 8.72. The number of rotatable bonds is 5. The lowest BCUT2D eigenvalue weighted by Crippen LogP contribution is -2.14. The molecule has 1 N–H and O–H groups in total. The van der Waals surface area contributed by atoms with Gasteiger partial charge in [-0.2, -0.15) is 0 Å². The molecule has 0 aliphatic heterocycles. The first-order chi connectivity index (χ1) is 9.92. The van der Waals surface area contributed by atoms with E-state index in [1.165, 1.54) is 0 Å². The molecule has 0 unspecified atom stereocenters. The molecule has 0 aliphatic carbocycles. The summed E-state index contributed by atoms with van der Waals surface area (Å²) < 4.78 is 33.5. The molecule has 0 aliphatic rings. The van der Waals surface area contributed by atoms with Gasteiger partial charge in [0.05, 0.1) is 11.5 Å². The summed E-state index contributed by atoms with van der Waals surface area (Å²) in [5.74, 6) is 0.707. The molecule has 0 atom stereocenters. The van der Waals surface area contributed by atoms with Crippen LogP contribution in [0.3, 0.4) is 0 Å². The first-order valence-electron chi connectivity index (χ1n) is 6.44. The summed E-state index contributed by atoms with van der Waals surface area (Å²) in [6.45, 7) is 4.23. The van der Waals surface area contributed by atoms with Crippen molar-refractivity contribution in [1.82, 2.24) is 0 Å². The number of aryl methyl sites for hydroxylation is 1. The molecule has 0 heterocycles. The number of halogens is 1. The average molecular weight is 370 g/mol. The van der Waals surface area contributed by atoms with Gasteiger partial charge in [0.1, 0.15) is 5.75 Å². The van der Waals surface area contributed by atoms with Crippen LogP contribution in [0.4, 0.5) is 5.69 Å². The predicted octanol–water partition coefficient (Wildman–Crippen LogP) is 3.96. The standard InChI is InChI=1S/C15H16BrNO3S/c1-3-20-14-8-6-13(7-9-14)17-21(18,19)15-10-12(16)5-4-11(15)2/h4-10,17H,3H2,1-2H3. The van der Waals surface area contributed by atoms with E-state index >= 15 is 0 Å². The van der Waals surface area contributed by atoms with Crippen LogP contribution in [-0.4, -0.2) is 15.0 Å². The molecule has 2 aromatic rings. The van der Waals surface area contributed by atoms with Crippen LogP contribution in [0.5, 0.6) is 5.75 Å².